The van der Waals surface area contributed by atoms with E-state index in [0.717, 1.165) is 17.2 Å². The summed E-state index contributed by atoms with van der Waals surface area (Å²) in [6.07, 6.45) is -2.22. The molecule has 2 rings (SSSR count). The predicted octanol–water partition coefficient (Wildman–Crippen LogP) is 1.29. The van der Waals surface area contributed by atoms with Gasteiger partial charge in [-0.15, -0.1) is 0 Å². The zero-order valence-corrected chi connectivity index (χ0v) is 12.4. The fraction of sp³-hybridized carbons (Fsp3) is 0.462. The molecule has 0 aliphatic rings. The summed E-state index contributed by atoms with van der Waals surface area (Å²) in [6, 6.07) is 0. The first kappa shape index (κ1) is 17.0. The van der Waals surface area contributed by atoms with Gasteiger partial charge in [0.1, 0.15) is 11.6 Å². The number of hydrogen-bond acceptors (Lipinski definition) is 5. The third kappa shape index (κ3) is 3.21. The number of rotatable bonds is 5. The molecule has 2 N–H and O–H groups in total. The van der Waals surface area contributed by atoms with Crippen LogP contribution in [0.2, 0.25) is 0 Å². The van der Waals surface area contributed by atoms with E-state index in [1.807, 2.05) is 0 Å². The summed E-state index contributed by atoms with van der Waals surface area (Å²) in [4.78, 5) is 19.0. The highest BCUT2D eigenvalue weighted by Gasteiger charge is 2.57. The molecule has 0 bridgehead atoms. The van der Waals surface area contributed by atoms with Crippen LogP contribution in [0.25, 0.3) is 0 Å². The number of aromatic nitrogens is 3. The van der Waals surface area contributed by atoms with Crippen molar-refractivity contribution in [1.82, 2.24) is 19.9 Å². The number of nitrogens with one attached hydrogen (secondary N) is 1. The normalized spacial score (nSPS) is 14.5. The minimum absolute atomic E-state index is 0.0162. The Morgan fingerprint density at radius 3 is 2.61 bits per heavy atom. The van der Waals surface area contributed by atoms with Crippen LogP contribution in [-0.4, -0.2) is 38.3 Å². The predicted molar refractivity (Wildman–Crippen MR) is 71.4 cm³/mol. The van der Waals surface area contributed by atoms with Crippen LogP contribution >= 0.6 is 0 Å². The lowest BCUT2D eigenvalue weighted by molar-refractivity contribution is -0.272. The maximum absolute atomic E-state index is 13.3. The van der Waals surface area contributed by atoms with Crippen molar-refractivity contribution >= 4 is 5.91 Å². The first-order chi connectivity index (χ1) is 10.7. The molecule has 0 spiro atoms. The summed E-state index contributed by atoms with van der Waals surface area (Å²) in [7, 11) is 1.34. The van der Waals surface area contributed by atoms with E-state index in [9.17, 15) is 23.1 Å². The number of alkyl halides is 3. The molecule has 1 atom stereocenters. The third-order valence-corrected chi connectivity index (χ3v) is 3.39. The van der Waals surface area contributed by atoms with Crippen molar-refractivity contribution in [1.29, 1.82) is 0 Å². The number of nitrogens with zero attached hydrogens (tertiary/aromatic N) is 3. The summed E-state index contributed by atoms with van der Waals surface area (Å²) >= 11 is 0. The summed E-state index contributed by atoms with van der Waals surface area (Å²) < 4.78 is 45.7. The highest BCUT2D eigenvalue weighted by molar-refractivity contribution is 5.92. The zero-order chi connectivity index (χ0) is 17.3. The largest absolute Gasteiger partial charge is 0.448 e. The van der Waals surface area contributed by atoms with Crippen molar-refractivity contribution in [2.75, 3.05) is 6.54 Å². The second-order valence-electron chi connectivity index (χ2n) is 4.98. The quantitative estimate of drug-likeness (QED) is 0.860. The maximum Gasteiger partial charge on any atom is 0.424 e. The Morgan fingerprint density at radius 2 is 2.13 bits per heavy atom. The van der Waals surface area contributed by atoms with Gasteiger partial charge in [0.2, 0.25) is 5.60 Å². The van der Waals surface area contributed by atoms with Gasteiger partial charge in [-0.2, -0.15) is 13.2 Å². The van der Waals surface area contributed by atoms with Gasteiger partial charge in [-0.1, -0.05) is 0 Å². The van der Waals surface area contributed by atoms with Gasteiger partial charge < -0.3 is 19.4 Å². The van der Waals surface area contributed by atoms with E-state index < -0.39 is 36.5 Å². The fourth-order valence-corrected chi connectivity index (χ4v) is 2.11. The standard InChI is InChI=1S/C13H15F3N4O3/c1-8-9(19-7-23-8)10(21)17-4-3-12(22,13(14,15)16)11-18-5-6-20(11)2/h5-7,22H,3-4H2,1-2H3,(H,17,21). The number of aryl methyl sites for hydroxylation is 2. The summed E-state index contributed by atoms with van der Waals surface area (Å²) in [5.41, 5.74) is -3.19. The second kappa shape index (κ2) is 6.03. The SMILES string of the molecule is Cc1ocnc1C(=O)NCCC(O)(c1nccn1C)C(F)(F)F. The molecule has 0 aromatic carbocycles. The van der Waals surface area contributed by atoms with Crippen molar-refractivity contribution in [2.45, 2.75) is 25.1 Å². The number of oxazole rings is 1. The molecule has 2 aromatic heterocycles. The van der Waals surface area contributed by atoms with Gasteiger partial charge in [0.25, 0.3) is 5.91 Å². The van der Waals surface area contributed by atoms with Crippen molar-refractivity contribution < 1.29 is 27.5 Å². The van der Waals surface area contributed by atoms with E-state index in [4.69, 9.17) is 4.42 Å². The lowest BCUT2D eigenvalue weighted by atomic mass is 9.97. The molecule has 0 aliphatic heterocycles. The van der Waals surface area contributed by atoms with Crippen LogP contribution in [0.3, 0.4) is 0 Å². The van der Waals surface area contributed by atoms with E-state index in [1.54, 1.807) is 0 Å². The van der Waals surface area contributed by atoms with Crippen LogP contribution in [-0.2, 0) is 12.6 Å². The summed E-state index contributed by atoms with van der Waals surface area (Å²) in [5, 5.41) is 12.4. The average molecular weight is 332 g/mol. The van der Waals surface area contributed by atoms with Crippen molar-refractivity contribution in [2.24, 2.45) is 7.05 Å². The fourth-order valence-electron chi connectivity index (χ4n) is 2.11. The molecule has 0 saturated carbocycles. The number of halogens is 3. The molecule has 2 aromatic rings. The number of carbonyl (C=O) groups excluding carboxylic acids is 1. The van der Waals surface area contributed by atoms with E-state index >= 15 is 0 Å². The Hall–Kier alpha value is -2.36. The number of hydrogen-bond donors (Lipinski definition) is 2. The highest BCUT2D eigenvalue weighted by Crippen LogP contribution is 2.40. The van der Waals surface area contributed by atoms with E-state index in [0.29, 0.717) is 0 Å². The number of aliphatic hydroxyl groups is 1. The van der Waals surface area contributed by atoms with Crippen molar-refractivity contribution in [3.63, 3.8) is 0 Å². The van der Waals surface area contributed by atoms with Gasteiger partial charge in [0.15, 0.2) is 12.1 Å². The monoisotopic (exact) mass is 332 g/mol. The van der Waals surface area contributed by atoms with Gasteiger partial charge >= 0.3 is 6.18 Å². The lowest BCUT2D eigenvalue weighted by Gasteiger charge is -2.29. The Balaban J connectivity index is 2.10. The van der Waals surface area contributed by atoms with Crippen molar-refractivity contribution in [3.8, 4) is 0 Å². The maximum atomic E-state index is 13.3. The molecule has 0 fully saturated rings. The topological polar surface area (TPSA) is 93.2 Å². The van der Waals surface area contributed by atoms with Gasteiger partial charge in [0.05, 0.1) is 0 Å². The number of carbonyl (C=O) groups is 1. The smallest absolute Gasteiger partial charge is 0.424 e. The second-order valence-corrected chi connectivity index (χ2v) is 4.98. The van der Waals surface area contributed by atoms with E-state index in [2.05, 4.69) is 15.3 Å². The molecule has 7 nitrogen and oxygen atoms in total. The number of amides is 1. The van der Waals surface area contributed by atoms with Crippen molar-refractivity contribution in [3.05, 3.63) is 36.1 Å². The van der Waals surface area contributed by atoms with Gasteiger partial charge in [0, 0.05) is 32.4 Å². The summed E-state index contributed by atoms with van der Waals surface area (Å²) in [6.45, 7) is 1.08. The molecule has 2 heterocycles. The average Bonchev–Trinajstić information content (AvgIpc) is 3.05. The molecular formula is C13H15F3N4O3. The minimum atomic E-state index is -4.94. The lowest BCUT2D eigenvalue weighted by Crippen LogP contribution is -2.46. The Bertz CT molecular complexity index is 695. The first-order valence-corrected chi connectivity index (χ1v) is 6.62. The molecule has 1 amide bonds. The molecule has 0 aliphatic carbocycles. The Kier molecular flexibility index (Phi) is 4.46. The molecule has 0 radical (unpaired) electrons. The molecule has 1 unspecified atom stereocenters. The molecule has 10 heteroatoms. The van der Waals surface area contributed by atoms with E-state index in [-0.39, 0.29) is 11.5 Å². The van der Waals surface area contributed by atoms with Crippen LogP contribution in [0.1, 0.15) is 28.5 Å². The Morgan fingerprint density at radius 1 is 1.43 bits per heavy atom. The van der Waals surface area contributed by atoms with Crippen LogP contribution in [0.5, 0.6) is 0 Å². The van der Waals surface area contributed by atoms with Gasteiger partial charge in [-0.05, 0) is 6.92 Å². The Labute approximate surface area is 129 Å². The van der Waals surface area contributed by atoms with Crippen LogP contribution < -0.4 is 5.32 Å². The van der Waals surface area contributed by atoms with Crippen LogP contribution in [0.4, 0.5) is 13.2 Å². The molecule has 0 saturated heterocycles. The number of imidazole rings is 1. The third-order valence-electron chi connectivity index (χ3n) is 3.39. The van der Waals surface area contributed by atoms with Crippen LogP contribution in [0, 0.1) is 6.92 Å². The van der Waals surface area contributed by atoms with Crippen LogP contribution in [0.15, 0.2) is 23.2 Å². The summed E-state index contributed by atoms with van der Waals surface area (Å²) in [5.74, 6) is -0.977. The van der Waals surface area contributed by atoms with E-state index in [1.165, 1.54) is 20.2 Å². The zero-order valence-electron chi connectivity index (χ0n) is 12.4. The van der Waals surface area contributed by atoms with Gasteiger partial charge in [-0.3, -0.25) is 4.79 Å². The highest BCUT2D eigenvalue weighted by atomic mass is 19.4. The first-order valence-electron chi connectivity index (χ1n) is 6.62. The molecular weight excluding hydrogens is 317 g/mol. The van der Waals surface area contributed by atoms with Gasteiger partial charge in [-0.25, -0.2) is 9.97 Å². The molecule has 126 valence electrons. The minimum Gasteiger partial charge on any atom is -0.448 e. The molecule has 23 heavy (non-hydrogen) atoms.